The summed E-state index contributed by atoms with van der Waals surface area (Å²) in [6, 6.07) is 5.02. The molecule has 0 saturated carbocycles. The van der Waals surface area contributed by atoms with Crippen LogP contribution in [0.15, 0.2) is 24.3 Å². The van der Waals surface area contributed by atoms with Crippen LogP contribution in [-0.4, -0.2) is 42.4 Å². The molecule has 2 aliphatic rings. The van der Waals surface area contributed by atoms with Crippen molar-refractivity contribution in [1.82, 2.24) is 15.5 Å². The maximum atomic E-state index is 12.8. The van der Waals surface area contributed by atoms with Crippen molar-refractivity contribution in [2.75, 3.05) is 19.6 Å². The van der Waals surface area contributed by atoms with Gasteiger partial charge in [-0.15, -0.1) is 12.4 Å². The molecule has 2 fully saturated rings. The molecule has 0 aromatic heterocycles. The van der Waals surface area contributed by atoms with E-state index in [-0.39, 0.29) is 49.8 Å². The fraction of sp³-hybridized carbons (Fsp3) is 0.529. The molecule has 2 unspecified atom stereocenters. The predicted octanol–water partition coefficient (Wildman–Crippen LogP) is 1.95. The van der Waals surface area contributed by atoms with Crippen LogP contribution in [0.25, 0.3) is 0 Å². The highest BCUT2D eigenvalue weighted by atomic mass is 35.5. The minimum absolute atomic E-state index is 0. The Morgan fingerprint density at radius 3 is 2.77 bits per heavy atom. The van der Waals surface area contributed by atoms with Crippen LogP contribution in [-0.2, 0) is 22.3 Å². The molecule has 2 aliphatic heterocycles. The Hall–Kier alpha value is -1.80. The normalized spacial score (nSPS) is 23.0. The summed E-state index contributed by atoms with van der Waals surface area (Å²) >= 11 is 0. The third-order valence-corrected chi connectivity index (χ3v) is 4.62. The van der Waals surface area contributed by atoms with Crippen molar-refractivity contribution in [3.8, 4) is 0 Å². The van der Waals surface area contributed by atoms with Gasteiger partial charge in [0, 0.05) is 32.1 Å². The number of amides is 2. The van der Waals surface area contributed by atoms with E-state index in [9.17, 15) is 22.8 Å². The van der Waals surface area contributed by atoms with Gasteiger partial charge in [0.2, 0.25) is 11.8 Å². The number of halogens is 4. The lowest BCUT2D eigenvalue weighted by Crippen LogP contribution is -2.40. The Labute approximate surface area is 155 Å². The average Bonchev–Trinajstić information content (AvgIpc) is 3.17. The number of carbonyl (C=O) groups excluding carboxylic acids is 2. The van der Waals surface area contributed by atoms with E-state index >= 15 is 0 Å². The van der Waals surface area contributed by atoms with E-state index in [0.29, 0.717) is 5.56 Å². The summed E-state index contributed by atoms with van der Waals surface area (Å²) in [5.41, 5.74) is -0.330. The van der Waals surface area contributed by atoms with Crippen LogP contribution in [0.2, 0.25) is 0 Å². The van der Waals surface area contributed by atoms with Crippen molar-refractivity contribution < 1.29 is 22.8 Å². The second-order valence-electron chi connectivity index (χ2n) is 6.57. The van der Waals surface area contributed by atoms with Gasteiger partial charge in [-0.2, -0.15) is 13.2 Å². The van der Waals surface area contributed by atoms with Gasteiger partial charge in [0.05, 0.1) is 11.5 Å². The summed E-state index contributed by atoms with van der Waals surface area (Å²) in [4.78, 5) is 25.8. The summed E-state index contributed by atoms with van der Waals surface area (Å²) in [6.07, 6.45) is -3.45. The molecule has 0 aliphatic carbocycles. The van der Waals surface area contributed by atoms with Crippen molar-refractivity contribution >= 4 is 24.2 Å². The maximum Gasteiger partial charge on any atom is 0.416 e. The van der Waals surface area contributed by atoms with Crippen LogP contribution in [0.4, 0.5) is 13.2 Å². The number of nitrogens with zero attached hydrogens (tertiary/aromatic N) is 1. The zero-order valence-electron chi connectivity index (χ0n) is 14.0. The molecule has 2 saturated heterocycles. The standard InChI is InChI=1S/C17H20F3N3O2.ClH/c18-17(19,20)13-3-1-2-11(6-13)9-23-10-12(7-15(23)24)16(25)22-14-4-5-21-8-14;/h1-3,6,12,14,21H,4-5,7-10H2,(H,22,25);1H. The molecule has 9 heteroatoms. The van der Waals surface area contributed by atoms with E-state index in [1.807, 2.05) is 0 Å². The van der Waals surface area contributed by atoms with Crippen LogP contribution in [0.5, 0.6) is 0 Å². The number of rotatable bonds is 4. The van der Waals surface area contributed by atoms with Gasteiger partial charge in [-0.1, -0.05) is 12.1 Å². The second kappa shape index (κ2) is 8.26. The van der Waals surface area contributed by atoms with E-state index in [1.54, 1.807) is 6.07 Å². The minimum Gasteiger partial charge on any atom is -0.352 e. The highest BCUT2D eigenvalue weighted by Crippen LogP contribution is 2.30. The summed E-state index contributed by atoms with van der Waals surface area (Å²) in [7, 11) is 0. The first-order valence-corrected chi connectivity index (χ1v) is 8.28. The number of hydrogen-bond donors (Lipinski definition) is 2. The molecule has 0 spiro atoms. The Morgan fingerprint density at radius 2 is 2.12 bits per heavy atom. The van der Waals surface area contributed by atoms with Crippen molar-refractivity contribution in [1.29, 1.82) is 0 Å². The molecule has 5 nitrogen and oxygen atoms in total. The fourth-order valence-electron chi connectivity index (χ4n) is 3.26. The molecule has 1 aromatic rings. The Bertz CT molecular complexity index is 663. The molecular weight excluding hydrogens is 371 g/mol. The summed E-state index contributed by atoms with van der Waals surface area (Å²) in [5.74, 6) is -0.811. The number of hydrogen-bond acceptors (Lipinski definition) is 3. The van der Waals surface area contributed by atoms with E-state index in [0.717, 1.165) is 31.6 Å². The molecule has 2 heterocycles. The fourth-order valence-corrected chi connectivity index (χ4v) is 3.26. The molecule has 2 atom stereocenters. The number of alkyl halides is 3. The smallest absolute Gasteiger partial charge is 0.352 e. The Morgan fingerprint density at radius 1 is 1.35 bits per heavy atom. The number of likely N-dealkylation sites (tertiary alicyclic amines) is 1. The topological polar surface area (TPSA) is 61.4 Å². The van der Waals surface area contributed by atoms with E-state index < -0.39 is 17.7 Å². The first kappa shape index (κ1) is 20.5. The van der Waals surface area contributed by atoms with Gasteiger partial charge >= 0.3 is 6.18 Å². The van der Waals surface area contributed by atoms with E-state index in [4.69, 9.17) is 0 Å². The van der Waals surface area contributed by atoms with Crippen LogP contribution in [0.3, 0.4) is 0 Å². The molecule has 0 radical (unpaired) electrons. The first-order chi connectivity index (χ1) is 11.8. The summed E-state index contributed by atoms with van der Waals surface area (Å²) < 4.78 is 38.3. The molecule has 3 rings (SSSR count). The van der Waals surface area contributed by atoms with Gasteiger partial charge < -0.3 is 15.5 Å². The first-order valence-electron chi connectivity index (χ1n) is 8.28. The van der Waals surface area contributed by atoms with Crippen LogP contribution in [0, 0.1) is 5.92 Å². The largest absolute Gasteiger partial charge is 0.416 e. The van der Waals surface area contributed by atoms with Gasteiger partial charge in [0.15, 0.2) is 0 Å². The van der Waals surface area contributed by atoms with Gasteiger partial charge in [0.25, 0.3) is 0 Å². The quantitative estimate of drug-likeness (QED) is 0.824. The van der Waals surface area contributed by atoms with Crippen LogP contribution < -0.4 is 10.6 Å². The van der Waals surface area contributed by atoms with Gasteiger partial charge in [-0.3, -0.25) is 9.59 Å². The number of benzene rings is 1. The highest BCUT2D eigenvalue weighted by Gasteiger charge is 2.36. The monoisotopic (exact) mass is 391 g/mol. The summed E-state index contributed by atoms with van der Waals surface area (Å²) in [6.45, 7) is 1.90. The van der Waals surface area contributed by atoms with Gasteiger partial charge in [0.1, 0.15) is 0 Å². The molecule has 1 aromatic carbocycles. The molecule has 26 heavy (non-hydrogen) atoms. The SMILES string of the molecule is Cl.O=C(NC1CCNC1)C1CC(=O)N(Cc2cccc(C(F)(F)F)c2)C1. The zero-order chi connectivity index (χ0) is 18.0. The van der Waals surface area contributed by atoms with Crippen molar-refractivity contribution in [2.24, 2.45) is 5.92 Å². The van der Waals surface area contributed by atoms with Gasteiger partial charge in [-0.05, 0) is 30.7 Å². The molecule has 2 N–H and O–H groups in total. The van der Waals surface area contributed by atoms with Crippen molar-refractivity contribution in [3.63, 3.8) is 0 Å². The molecular formula is C17H21ClF3N3O2. The Kier molecular flexibility index (Phi) is 6.52. The second-order valence-corrected chi connectivity index (χ2v) is 6.57. The summed E-state index contributed by atoms with van der Waals surface area (Å²) in [5, 5.41) is 6.08. The lowest BCUT2D eigenvalue weighted by atomic mass is 10.1. The average molecular weight is 392 g/mol. The number of carbonyl (C=O) groups is 2. The predicted molar refractivity (Wildman–Crippen MR) is 91.6 cm³/mol. The van der Waals surface area contributed by atoms with E-state index in [2.05, 4.69) is 10.6 Å². The van der Waals surface area contributed by atoms with Crippen LogP contribution in [0.1, 0.15) is 24.0 Å². The third kappa shape index (κ3) is 4.88. The molecule has 144 valence electrons. The minimum atomic E-state index is -4.41. The molecule has 0 bridgehead atoms. The van der Waals surface area contributed by atoms with Gasteiger partial charge in [-0.25, -0.2) is 0 Å². The number of nitrogens with one attached hydrogen (secondary N) is 2. The maximum absolute atomic E-state index is 12.8. The molecule has 2 amide bonds. The lowest BCUT2D eigenvalue weighted by Gasteiger charge is -2.18. The van der Waals surface area contributed by atoms with Crippen molar-refractivity contribution in [3.05, 3.63) is 35.4 Å². The highest BCUT2D eigenvalue weighted by molar-refractivity contribution is 5.89. The Balaban J connectivity index is 0.00000243. The zero-order valence-corrected chi connectivity index (χ0v) is 14.8. The van der Waals surface area contributed by atoms with Crippen LogP contribution >= 0.6 is 12.4 Å². The lowest BCUT2D eigenvalue weighted by molar-refractivity contribution is -0.137. The third-order valence-electron chi connectivity index (χ3n) is 4.62. The van der Waals surface area contributed by atoms with E-state index in [1.165, 1.54) is 11.0 Å². The van der Waals surface area contributed by atoms with Crippen molar-refractivity contribution in [2.45, 2.75) is 31.6 Å².